The lowest BCUT2D eigenvalue weighted by atomic mass is 9.91. The minimum Gasteiger partial charge on any atom is -0.294 e. The molecule has 1 aliphatic rings. The first-order valence-corrected chi connectivity index (χ1v) is 10.4. The van der Waals surface area contributed by atoms with Crippen LogP contribution in [-0.2, 0) is 10.0 Å². The Bertz CT molecular complexity index is 860. The molecule has 2 heterocycles. The molecule has 128 valence electrons. The molecule has 4 nitrogen and oxygen atoms in total. The van der Waals surface area contributed by atoms with E-state index in [-0.39, 0.29) is 18.2 Å². The maximum Gasteiger partial charge on any atom is 0.252 e. The molecule has 0 radical (unpaired) electrons. The summed E-state index contributed by atoms with van der Waals surface area (Å²) in [6.45, 7) is 2.56. The Labute approximate surface area is 151 Å². The fourth-order valence-electron chi connectivity index (χ4n) is 2.92. The maximum absolute atomic E-state index is 12.8. The Balaban J connectivity index is 1.80. The van der Waals surface area contributed by atoms with Crippen molar-refractivity contribution in [3.8, 4) is 0 Å². The predicted molar refractivity (Wildman–Crippen MR) is 96.3 cm³/mol. The highest BCUT2D eigenvalue weighted by Crippen LogP contribution is 2.29. The molecule has 0 saturated carbocycles. The SMILES string of the molecule is Cc1csc(S(=O)(=O)N2CCC[C@@H](C(=O)c3cccc(Cl)c3)C2)c1. The number of carbonyl (C=O) groups is 1. The summed E-state index contributed by atoms with van der Waals surface area (Å²) in [7, 11) is -3.52. The molecular formula is C17H18ClNO3S2. The van der Waals surface area contributed by atoms with Crippen molar-refractivity contribution in [1.82, 2.24) is 4.31 Å². The number of thiophene rings is 1. The number of hydrogen-bond donors (Lipinski definition) is 0. The van der Waals surface area contributed by atoms with Crippen molar-refractivity contribution in [2.24, 2.45) is 5.92 Å². The lowest BCUT2D eigenvalue weighted by Crippen LogP contribution is -2.42. The summed E-state index contributed by atoms with van der Waals surface area (Å²) in [5.74, 6) is -0.368. The standard InChI is InChI=1S/C17H18ClNO3S2/c1-12-8-16(23-11-12)24(21,22)19-7-3-5-14(10-19)17(20)13-4-2-6-15(18)9-13/h2,4,6,8-9,11,14H,3,5,7,10H2,1H3/t14-/m1/s1. The number of hydrogen-bond acceptors (Lipinski definition) is 4. The van der Waals surface area contributed by atoms with E-state index in [1.165, 1.54) is 15.6 Å². The van der Waals surface area contributed by atoms with Gasteiger partial charge in [-0.05, 0) is 48.9 Å². The van der Waals surface area contributed by atoms with E-state index in [2.05, 4.69) is 0 Å². The molecule has 1 aromatic carbocycles. The van der Waals surface area contributed by atoms with E-state index in [4.69, 9.17) is 11.6 Å². The number of nitrogens with zero attached hydrogens (tertiary/aromatic N) is 1. The second kappa shape index (κ2) is 6.96. The van der Waals surface area contributed by atoms with Gasteiger partial charge in [0.15, 0.2) is 5.78 Å². The highest BCUT2D eigenvalue weighted by atomic mass is 35.5. The van der Waals surface area contributed by atoms with Crippen LogP contribution >= 0.6 is 22.9 Å². The van der Waals surface area contributed by atoms with Crippen LogP contribution in [0.1, 0.15) is 28.8 Å². The Kier molecular flexibility index (Phi) is 5.11. The molecule has 7 heteroatoms. The van der Waals surface area contributed by atoms with Crippen LogP contribution in [0.5, 0.6) is 0 Å². The van der Waals surface area contributed by atoms with Gasteiger partial charge in [0.1, 0.15) is 4.21 Å². The van der Waals surface area contributed by atoms with E-state index in [0.29, 0.717) is 34.2 Å². The first-order valence-electron chi connectivity index (χ1n) is 7.73. The minimum atomic E-state index is -3.52. The van der Waals surface area contributed by atoms with Crippen LogP contribution in [0.2, 0.25) is 5.02 Å². The lowest BCUT2D eigenvalue weighted by molar-refractivity contribution is 0.0872. The number of Topliss-reactive ketones (excluding diaryl/α,β-unsaturated/α-hetero) is 1. The van der Waals surface area contributed by atoms with Gasteiger partial charge in [0, 0.05) is 29.6 Å². The molecule has 0 aliphatic carbocycles. The summed E-state index contributed by atoms with van der Waals surface area (Å²) >= 11 is 7.18. The molecule has 0 unspecified atom stereocenters. The second-order valence-electron chi connectivity index (χ2n) is 6.02. The molecule has 1 saturated heterocycles. The van der Waals surface area contributed by atoms with Gasteiger partial charge in [-0.15, -0.1) is 11.3 Å². The Morgan fingerprint density at radius 2 is 2.12 bits per heavy atom. The van der Waals surface area contributed by atoms with Gasteiger partial charge in [-0.3, -0.25) is 4.79 Å². The number of rotatable bonds is 4. The van der Waals surface area contributed by atoms with Gasteiger partial charge in [-0.1, -0.05) is 23.7 Å². The molecule has 24 heavy (non-hydrogen) atoms. The normalized spacial score (nSPS) is 19.3. The van der Waals surface area contributed by atoms with Gasteiger partial charge >= 0.3 is 0 Å². The van der Waals surface area contributed by atoms with E-state index >= 15 is 0 Å². The van der Waals surface area contributed by atoms with Crippen LogP contribution in [-0.4, -0.2) is 31.6 Å². The van der Waals surface area contributed by atoms with E-state index in [1.54, 1.807) is 30.3 Å². The van der Waals surface area contributed by atoms with Gasteiger partial charge < -0.3 is 0 Å². The maximum atomic E-state index is 12.8. The van der Waals surface area contributed by atoms with E-state index < -0.39 is 10.0 Å². The largest absolute Gasteiger partial charge is 0.294 e. The number of aryl methyl sites for hydroxylation is 1. The van der Waals surface area contributed by atoms with Crippen molar-refractivity contribution in [3.63, 3.8) is 0 Å². The first-order chi connectivity index (χ1) is 11.4. The number of ketones is 1. The summed E-state index contributed by atoms with van der Waals surface area (Å²) in [5.41, 5.74) is 1.47. The minimum absolute atomic E-state index is 0.0419. The van der Waals surface area contributed by atoms with Crippen molar-refractivity contribution < 1.29 is 13.2 Å². The van der Waals surface area contributed by atoms with Crippen molar-refractivity contribution in [3.05, 3.63) is 51.9 Å². The van der Waals surface area contributed by atoms with Crippen molar-refractivity contribution in [2.75, 3.05) is 13.1 Å². The highest BCUT2D eigenvalue weighted by molar-refractivity contribution is 7.91. The number of carbonyl (C=O) groups excluding carboxylic acids is 1. The molecule has 3 rings (SSSR count). The van der Waals surface area contributed by atoms with Gasteiger partial charge in [0.25, 0.3) is 10.0 Å². The van der Waals surface area contributed by atoms with E-state index in [1.807, 2.05) is 12.3 Å². The summed E-state index contributed by atoms with van der Waals surface area (Å²) in [6.07, 6.45) is 1.38. The van der Waals surface area contributed by atoms with Gasteiger partial charge in [-0.2, -0.15) is 4.31 Å². The average Bonchev–Trinajstić information content (AvgIpc) is 3.01. The quantitative estimate of drug-likeness (QED) is 0.750. The predicted octanol–water partition coefficient (Wildman–Crippen LogP) is 3.99. The van der Waals surface area contributed by atoms with Gasteiger partial charge in [0.05, 0.1) is 0 Å². The monoisotopic (exact) mass is 383 g/mol. The molecule has 2 aromatic rings. The smallest absolute Gasteiger partial charge is 0.252 e. The average molecular weight is 384 g/mol. The van der Waals surface area contributed by atoms with Crippen molar-refractivity contribution in [2.45, 2.75) is 24.0 Å². The van der Waals surface area contributed by atoms with Crippen LogP contribution in [0, 0.1) is 12.8 Å². The molecule has 1 aromatic heterocycles. The molecule has 0 N–H and O–H groups in total. The highest BCUT2D eigenvalue weighted by Gasteiger charge is 2.34. The Morgan fingerprint density at radius 1 is 1.33 bits per heavy atom. The van der Waals surface area contributed by atoms with Crippen LogP contribution in [0.4, 0.5) is 0 Å². The van der Waals surface area contributed by atoms with Crippen LogP contribution in [0.3, 0.4) is 0 Å². The summed E-state index contributed by atoms with van der Waals surface area (Å²) in [6, 6.07) is 8.50. The summed E-state index contributed by atoms with van der Waals surface area (Å²) < 4.78 is 27.3. The van der Waals surface area contributed by atoms with Crippen LogP contribution in [0.25, 0.3) is 0 Å². The third kappa shape index (κ3) is 3.57. The molecule has 1 fully saturated rings. The third-order valence-electron chi connectivity index (χ3n) is 4.16. The van der Waals surface area contributed by atoms with Crippen LogP contribution in [0.15, 0.2) is 39.9 Å². The molecule has 1 aliphatic heterocycles. The third-order valence-corrected chi connectivity index (χ3v) is 7.80. The number of piperidine rings is 1. The molecular weight excluding hydrogens is 366 g/mol. The zero-order valence-corrected chi connectivity index (χ0v) is 15.6. The summed E-state index contributed by atoms with van der Waals surface area (Å²) in [4.78, 5) is 12.7. The number of halogens is 1. The molecule has 0 spiro atoms. The first kappa shape index (κ1) is 17.6. The van der Waals surface area contributed by atoms with Crippen LogP contribution < -0.4 is 0 Å². The number of sulfonamides is 1. The fraction of sp³-hybridized carbons (Fsp3) is 0.353. The Morgan fingerprint density at radius 3 is 2.79 bits per heavy atom. The topological polar surface area (TPSA) is 54.5 Å². The fourth-order valence-corrected chi connectivity index (χ4v) is 6.02. The van der Waals surface area contributed by atoms with Gasteiger partial charge in [0.2, 0.25) is 0 Å². The van der Waals surface area contributed by atoms with E-state index in [0.717, 1.165) is 5.56 Å². The van der Waals surface area contributed by atoms with E-state index in [9.17, 15) is 13.2 Å². The Hall–Kier alpha value is -1.21. The number of benzene rings is 1. The summed E-state index contributed by atoms with van der Waals surface area (Å²) in [5, 5.41) is 2.33. The second-order valence-corrected chi connectivity index (χ2v) is 9.53. The lowest BCUT2D eigenvalue weighted by Gasteiger charge is -2.30. The van der Waals surface area contributed by atoms with Gasteiger partial charge in [-0.25, -0.2) is 8.42 Å². The molecule has 0 bridgehead atoms. The zero-order valence-electron chi connectivity index (χ0n) is 13.2. The zero-order chi connectivity index (χ0) is 17.3. The van der Waals surface area contributed by atoms with Crippen molar-refractivity contribution >= 4 is 38.7 Å². The van der Waals surface area contributed by atoms with Crippen molar-refractivity contribution in [1.29, 1.82) is 0 Å². The molecule has 0 amide bonds. The molecule has 1 atom stereocenters.